The van der Waals surface area contributed by atoms with E-state index in [1.165, 1.54) is 36.4 Å². The molecule has 5 nitrogen and oxygen atoms in total. The maximum Gasteiger partial charge on any atom is 0.317 e. The Bertz CT molecular complexity index is 900. The summed E-state index contributed by atoms with van der Waals surface area (Å²) in [6.07, 6.45) is 0.660. The first kappa shape index (κ1) is 21.7. The highest BCUT2D eigenvalue weighted by atomic mass is 19.1. The number of carbonyl (C=O) groups excluding carboxylic acids is 2. The maximum atomic E-state index is 13.5. The second kappa shape index (κ2) is 9.24. The van der Waals surface area contributed by atoms with Crippen molar-refractivity contribution in [1.29, 1.82) is 0 Å². The molecule has 1 aliphatic rings. The van der Waals surface area contributed by atoms with Crippen LogP contribution in [0.3, 0.4) is 0 Å². The molecule has 3 amide bonds. The lowest BCUT2D eigenvalue weighted by Crippen LogP contribution is -2.46. The van der Waals surface area contributed by atoms with E-state index in [1.807, 2.05) is 19.9 Å². The van der Waals surface area contributed by atoms with Gasteiger partial charge in [-0.25, -0.2) is 13.6 Å². The van der Waals surface area contributed by atoms with Crippen LogP contribution in [0.2, 0.25) is 0 Å². The zero-order valence-electron chi connectivity index (χ0n) is 17.3. The van der Waals surface area contributed by atoms with Gasteiger partial charge in [-0.1, -0.05) is 26.0 Å². The van der Waals surface area contributed by atoms with E-state index in [9.17, 15) is 18.4 Å². The highest BCUT2D eigenvalue weighted by molar-refractivity contribution is 5.94. The fourth-order valence-electron chi connectivity index (χ4n) is 3.52. The molecule has 0 unspecified atom stereocenters. The van der Waals surface area contributed by atoms with Gasteiger partial charge in [0.1, 0.15) is 11.6 Å². The summed E-state index contributed by atoms with van der Waals surface area (Å²) in [4.78, 5) is 28.7. The lowest BCUT2D eigenvalue weighted by molar-refractivity contribution is 0.0762. The lowest BCUT2D eigenvalue weighted by Gasteiger charge is -2.28. The topological polar surface area (TPSA) is 52.7 Å². The van der Waals surface area contributed by atoms with Crippen LogP contribution in [0.25, 0.3) is 0 Å². The van der Waals surface area contributed by atoms with Crippen LogP contribution in [-0.4, -0.2) is 54.5 Å². The van der Waals surface area contributed by atoms with E-state index in [2.05, 4.69) is 5.32 Å². The number of halogens is 2. The molecular formula is C23H27F2N3O2. The molecule has 1 aliphatic heterocycles. The highest BCUT2D eigenvalue weighted by Crippen LogP contribution is 2.23. The number of benzene rings is 2. The number of urea groups is 1. The predicted octanol–water partition coefficient (Wildman–Crippen LogP) is 3.80. The average Bonchev–Trinajstić information content (AvgIpc) is 2.98. The van der Waals surface area contributed by atoms with Crippen LogP contribution in [0.1, 0.15) is 36.2 Å². The molecule has 2 aromatic carbocycles. The second-order valence-corrected chi connectivity index (χ2v) is 8.19. The Balaban J connectivity index is 1.55. The van der Waals surface area contributed by atoms with Gasteiger partial charge in [0.2, 0.25) is 0 Å². The molecule has 30 heavy (non-hydrogen) atoms. The minimum atomic E-state index is -0.422. The van der Waals surface area contributed by atoms with Crippen LogP contribution < -0.4 is 5.32 Å². The Morgan fingerprint density at radius 1 is 0.933 bits per heavy atom. The van der Waals surface area contributed by atoms with Crippen LogP contribution >= 0.6 is 0 Å². The van der Waals surface area contributed by atoms with E-state index in [1.54, 1.807) is 15.9 Å². The Morgan fingerprint density at radius 2 is 1.60 bits per heavy atom. The zero-order valence-corrected chi connectivity index (χ0v) is 17.3. The molecule has 3 rings (SSSR count). The van der Waals surface area contributed by atoms with Gasteiger partial charge in [-0.2, -0.15) is 0 Å². The normalized spacial score (nSPS) is 14.9. The summed E-state index contributed by atoms with van der Waals surface area (Å²) in [5, 5.41) is 2.94. The summed E-state index contributed by atoms with van der Waals surface area (Å²) in [7, 11) is 0. The number of amides is 3. The van der Waals surface area contributed by atoms with Crippen LogP contribution in [-0.2, 0) is 5.41 Å². The number of nitrogens with one attached hydrogen (secondary N) is 1. The van der Waals surface area contributed by atoms with Crippen molar-refractivity contribution in [3.05, 3.63) is 71.3 Å². The van der Waals surface area contributed by atoms with E-state index in [-0.39, 0.29) is 23.6 Å². The molecule has 0 spiro atoms. The molecule has 0 radical (unpaired) electrons. The molecule has 1 N–H and O–H groups in total. The number of carbonyl (C=O) groups is 2. The molecule has 0 saturated carbocycles. The Kier molecular flexibility index (Phi) is 6.70. The number of hydrogen-bond acceptors (Lipinski definition) is 2. The quantitative estimate of drug-likeness (QED) is 0.826. The van der Waals surface area contributed by atoms with Crippen molar-refractivity contribution in [1.82, 2.24) is 15.1 Å². The zero-order chi connectivity index (χ0) is 21.7. The molecule has 160 valence electrons. The predicted molar refractivity (Wildman–Crippen MR) is 111 cm³/mol. The van der Waals surface area contributed by atoms with Gasteiger partial charge in [-0.15, -0.1) is 0 Å². The van der Waals surface area contributed by atoms with Crippen molar-refractivity contribution in [2.24, 2.45) is 0 Å². The fourth-order valence-corrected chi connectivity index (χ4v) is 3.52. The molecule has 1 fully saturated rings. The number of rotatable bonds is 4. The van der Waals surface area contributed by atoms with E-state index < -0.39 is 5.41 Å². The first-order chi connectivity index (χ1) is 14.3. The molecule has 1 saturated heterocycles. The largest absolute Gasteiger partial charge is 0.337 e. The van der Waals surface area contributed by atoms with Crippen molar-refractivity contribution >= 4 is 11.9 Å². The third-order valence-corrected chi connectivity index (χ3v) is 5.45. The molecule has 2 aromatic rings. The number of hydrogen-bond donors (Lipinski definition) is 1. The minimum Gasteiger partial charge on any atom is -0.337 e. The van der Waals surface area contributed by atoms with Crippen molar-refractivity contribution in [2.45, 2.75) is 25.7 Å². The van der Waals surface area contributed by atoms with E-state index in [0.29, 0.717) is 44.7 Å². The molecule has 0 aromatic heterocycles. The third-order valence-electron chi connectivity index (χ3n) is 5.45. The summed E-state index contributed by atoms with van der Waals surface area (Å²) in [6.45, 7) is 6.18. The van der Waals surface area contributed by atoms with E-state index in [4.69, 9.17) is 0 Å². The van der Waals surface area contributed by atoms with Crippen molar-refractivity contribution < 1.29 is 18.4 Å². The summed E-state index contributed by atoms with van der Waals surface area (Å²) >= 11 is 0. The lowest BCUT2D eigenvalue weighted by atomic mass is 9.84. The molecule has 7 heteroatoms. The van der Waals surface area contributed by atoms with Crippen molar-refractivity contribution in [3.63, 3.8) is 0 Å². The molecule has 0 aliphatic carbocycles. The van der Waals surface area contributed by atoms with Crippen LogP contribution in [0, 0.1) is 11.6 Å². The molecule has 1 heterocycles. The van der Waals surface area contributed by atoms with Crippen molar-refractivity contribution in [3.8, 4) is 0 Å². The van der Waals surface area contributed by atoms with Crippen LogP contribution in [0.5, 0.6) is 0 Å². The fraction of sp³-hybridized carbons (Fsp3) is 0.391. The second-order valence-electron chi connectivity index (χ2n) is 8.19. The summed E-state index contributed by atoms with van der Waals surface area (Å²) in [5.74, 6) is -0.846. The summed E-state index contributed by atoms with van der Waals surface area (Å²) < 4.78 is 26.6. The Morgan fingerprint density at radius 3 is 2.30 bits per heavy atom. The third kappa shape index (κ3) is 5.34. The van der Waals surface area contributed by atoms with E-state index in [0.717, 1.165) is 5.56 Å². The van der Waals surface area contributed by atoms with Crippen LogP contribution in [0.15, 0.2) is 48.5 Å². The molecule has 0 atom stereocenters. The first-order valence-electron chi connectivity index (χ1n) is 10.1. The first-order valence-corrected chi connectivity index (χ1v) is 10.1. The summed E-state index contributed by atoms with van der Waals surface area (Å²) in [5.41, 5.74) is 0.828. The Hall–Kier alpha value is -2.96. The minimum absolute atomic E-state index is 0.163. The van der Waals surface area contributed by atoms with Crippen LogP contribution in [0.4, 0.5) is 13.6 Å². The maximum absolute atomic E-state index is 13.5. The van der Waals surface area contributed by atoms with Gasteiger partial charge in [0.15, 0.2) is 0 Å². The molecule has 0 bridgehead atoms. The standard InChI is InChI=1S/C23H27F2N3O2/c1-23(2,18-5-3-6-20(25)15-18)16-26-22(30)28-12-4-11-27(13-14-28)21(29)17-7-9-19(24)10-8-17/h3,5-10,15H,4,11-14,16H2,1-2H3,(H,26,30). The van der Waals surface area contributed by atoms with Gasteiger partial charge in [0.05, 0.1) is 0 Å². The van der Waals surface area contributed by atoms with E-state index >= 15 is 0 Å². The smallest absolute Gasteiger partial charge is 0.317 e. The molecular weight excluding hydrogens is 388 g/mol. The van der Waals surface area contributed by atoms with Gasteiger partial charge in [-0.3, -0.25) is 4.79 Å². The van der Waals surface area contributed by atoms with Gasteiger partial charge in [0, 0.05) is 43.7 Å². The van der Waals surface area contributed by atoms with Gasteiger partial charge in [-0.05, 0) is 48.4 Å². The average molecular weight is 415 g/mol. The summed E-state index contributed by atoms with van der Waals surface area (Å²) in [6, 6.07) is 11.7. The highest BCUT2D eigenvalue weighted by Gasteiger charge is 2.26. The SMILES string of the molecule is CC(C)(CNC(=O)N1CCCN(C(=O)c2ccc(F)cc2)CC1)c1cccc(F)c1. The van der Waals surface area contributed by atoms with Gasteiger partial charge in [0.25, 0.3) is 5.91 Å². The van der Waals surface area contributed by atoms with Crippen molar-refractivity contribution in [2.75, 3.05) is 32.7 Å². The van der Waals surface area contributed by atoms with Gasteiger partial charge < -0.3 is 15.1 Å². The van der Waals surface area contributed by atoms with Gasteiger partial charge >= 0.3 is 6.03 Å². The Labute approximate surface area is 175 Å². The monoisotopic (exact) mass is 415 g/mol. The number of nitrogens with zero attached hydrogens (tertiary/aromatic N) is 2.